The van der Waals surface area contributed by atoms with E-state index in [-0.39, 0.29) is 16.8 Å². The molecule has 0 aliphatic carbocycles. The first-order valence-corrected chi connectivity index (χ1v) is 11.9. The molecule has 3 aromatic rings. The molecule has 0 aromatic heterocycles. The number of carbonyl (C=O) groups is 1. The Morgan fingerprint density at radius 1 is 1.03 bits per heavy atom. The van der Waals surface area contributed by atoms with Crippen LogP contribution < -0.4 is 9.62 Å². The van der Waals surface area contributed by atoms with E-state index in [2.05, 4.69) is 5.32 Å². The van der Waals surface area contributed by atoms with Crippen molar-refractivity contribution < 1.29 is 13.2 Å². The van der Waals surface area contributed by atoms with Gasteiger partial charge in [-0.15, -0.1) is 0 Å². The molecule has 0 spiro atoms. The molecule has 31 heavy (non-hydrogen) atoms. The number of amides is 1. The molecule has 1 aliphatic heterocycles. The predicted molar refractivity (Wildman–Crippen MR) is 125 cm³/mol. The molecule has 0 saturated heterocycles. The average Bonchev–Trinajstić information content (AvgIpc) is 3.06. The molecular weight excluding hydrogens is 455 g/mol. The van der Waals surface area contributed by atoms with Crippen LogP contribution in [-0.4, -0.2) is 20.4 Å². The van der Waals surface area contributed by atoms with Gasteiger partial charge in [0.25, 0.3) is 15.9 Å². The number of fused-ring (bicyclic) bond motifs is 1. The van der Waals surface area contributed by atoms with Crippen LogP contribution >= 0.6 is 23.2 Å². The Bertz CT molecular complexity index is 1270. The van der Waals surface area contributed by atoms with Crippen LogP contribution in [0.4, 0.5) is 11.4 Å². The molecule has 0 bridgehead atoms. The topological polar surface area (TPSA) is 66.5 Å². The molecule has 0 fully saturated rings. The van der Waals surface area contributed by atoms with Gasteiger partial charge in [-0.2, -0.15) is 0 Å². The second-order valence-corrected chi connectivity index (χ2v) is 10.2. The van der Waals surface area contributed by atoms with E-state index in [0.29, 0.717) is 33.4 Å². The summed E-state index contributed by atoms with van der Waals surface area (Å²) in [5, 5.41) is 3.58. The maximum absolute atomic E-state index is 13.3. The number of halogens is 2. The van der Waals surface area contributed by atoms with Gasteiger partial charge in [0, 0.05) is 16.6 Å². The van der Waals surface area contributed by atoms with Crippen LogP contribution in [0.5, 0.6) is 0 Å². The normalized spacial score (nSPS) is 15.6. The third-order valence-corrected chi connectivity index (χ3v) is 7.74. The van der Waals surface area contributed by atoms with Crippen LogP contribution in [0.1, 0.15) is 28.4 Å². The number of nitrogens with one attached hydrogen (secondary N) is 1. The van der Waals surface area contributed by atoms with Gasteiger partial charge in [-0.1, -0.05) is 40.9 Å². The number of benzene rings is 3. The van der Waals surface area contributed by atoms with Crippen LogP contribution in [0.25, 0.3) is 0 Å². The Kier molecular flexibility index (Phi) is 5.73. The van der Waals surface area contributed by atoms with Crippen LogP contribution in [0.3, 0.4) is 0 Å². The largest absolute Gasteiger partial charge is 0.321 e. The Labute approximate surface area is 191 Å². The second kappa shape index (κ2) is 8.19. The van der Waals surface area contributed by atoms with E-state index in [1.54, 1.807) is 60.7 Å². The van der Waals surface area contributed by atoms with E-state index in [4.69, 9.17) is 23.2 Å². The maximum atomic E-state index is 13.3. The fourth-order valence-electron chi connectivity index (χ4n) is 3.72. The maximum Gasteiger partial charge on any atom is 0.264 e. The lowest BCUT2D eigenvalue weighted by molar-refractivity contribution is 0.102. The molecule has 1 atom stereocenters. The van der Waals surface area contributed by atoms with E-state index in [9.17, 15) is 13.2 Å². The van der Waals surface area contributed by atoms with Crippen LogP contribution in [0.2, 0.25) is 10.0 Å². The minimum atomic E-state index is -3.71. The lowest BCUT2D eigenvalue weighted by Crippen LogP contribution is -2.35. The second-order valence-electron chi connectivity index (χ2n) is 7.59. The van der Waals surface area contributed by atoms with Crippen LogP contribution in [0, 0.1) is 6.92 Å². The number of hydrogen-bond acceptors (Lipinski definition) is 3. The zero-order valence-corrected chi connectivity index (χ0v) is 19.2. The zero-order chi connectivity index (χ0) is 22.3. The summed E-state index contributed by atoms with van der Waals surface area (Å²) in [5.41, 5.74) is 3.26. The van der Waals surface area contributed by atoms with E-state index < -0.39 is 10.0 Å². The molecule has 3 aromatic carbocycles. The molecule has 0 radical (unpaired) electrons. The van der Waals surface area contributed by atoms with Crippen molar-refractivity contribution in [3.05, 3.63) is 87.4 Å². The van der Waals surface area contributed by atoms with Gasteiger partial charge in [0.05, 0.1) is 21.3 Å². The third kappa shape index (κ3) is 4.15. The molecule has 4 rings (SSSR count). The lowest BCUT2D eigenvalue weighted by atomic mass is 10.1. The van der Waals surface area contributed by atoms with Crippen molar-refractivity contribution in [3.63, 3.8) is 0 Å². The van der Waals surface area contributed by atoms with Crippen LogP contribution in [-0.2, 0) is 16.4 Å². The first-order chi connectivity index (χ1) is 14.7. The zero-order valence-electron chi connectivity index (χ0n) is 16.9. The number of rotatable bonds is 4. The van der Waals surface area contributed by atoms with E-state index >= 15 is 0 Å². The lowest BCUT2D eigenvalue weighted by Gasteiger charge is -2.24. The summed E-state index contributed by atoms with van der Waals surface area (Å²) < 4.78 is 28.0. The standard InChI is InChI=1S/C23H20Cl2N2O3S/c1-14-3-7-19(8-4-14)31(29,30)27-15(2)11-17-12-16(5-10-22(17)27)23(28)26-21-9-6-18(24)13-20(21)25/h3-10,12-13,15H,11H2,1-2H3,(H,26,28)/t15-/m0/s1. The highest BCUT2D eigenvalue weighted by Crippen LogP contribution is 2.37. The molecule has 1 heterocycles. The van der Waals surface area contributed by atoms with Gasteiger partial charge in [-0.05, 0) is 74.4 Å². The smallest absolute Gasteiger partial charge is 0.264 e. The number of anilines is 2. The summed E-state index contributed by atoms with van der Waals surface area (Å²) in [4.78, 5) is 13.0. The molecule has 0 unspecified atom stereocenters. The first kappa shape index (κ1) is 21.7. The molecule has 8 heteroatoms. The molecule has 0 saturated carbocycles. The summed E-state index contributed by atoms with van der Waals surface area (Å²) in [6.07, 6.45) is 0.517. The number of nitrogens with zero attached hydrogens (tertiary/aromatic N) is 1. The highest BCUT2D eigenvalue weighted by molar-refractivity contribution is 7.92. The highest BCUT2D eigenvalue weighted by atomic mass is 35.5. The molecule has 1 aliphatic rings. The van der Waals surface area contributed by atoms with E-state index in [0.717, 1.165) is 11.1 Å². The molecule has 1 N–H and O–H groups in total. The molecular formula is C23H20Cl2N2O3S. The summed E-state index contributed by atoms with van der Waals surface area (Å²) in [5.74, 6) is -0.334. The number of sulfonamides is 1. The van der Waals surface area contributed by atoms with Crippen molar-refractivity contribution in [2.75, 3.05) is 9.62 Å². The summed E-state index contributed by atoms with van der Waals surface area (Å²) in [7, 11) is -3.71. The summed E-state index contributed by atoms with van der Waals surface area (Å²) in [6.45, 7) is 3.77. The Balaban J connectivity index is 1.63. The van der Waals surface area contributed by atoms with Crippen molar-refractivity contribution in [2.24, 2.45) is 0 Å². The monoisotopic (exact) mass is 474 g/mol. The van der Waals surface area contributed by atoms with Gasteiger partial charge in [0.2, 0.25) is 0 Å². The van der Waals surface area contributed by atoms with Gasteiger partial charge < -0.3 is 5.32 Å². The Hall–Kier alpha value is -2.54. The van der Waals surface area contributed by atoms with Crippen LogP contribution in [0.15, 0.2) is 65.6 Å². The number of aryl methyl sites for hydroxylation is 1. The minimum Gasteiger partial charge on any atom is -0.321 e. The summed E-state index contributed by atoms with van der Waals surface area (Å²) >= 11 is 12.0. The molecule has 1 amide bonds. The minimum absolute atomic E-state index is 0.247. The first-order valence-electron chi connectivity index (χ1n) is 9.67. The van der Waals surface area contributed by atoms with Gasteiger partial charge >= 0.3 is 0 Å². The molecule has 160 valence electrons. The Morgan fingerprint density at radius 2 is 1.74 bits per heavy atom. The fourth-order valence-corrected chi connectivity index (χ4v) is 5.87. The quantitative estimate of drug-likeness (QED) is 0.527. The Morgan fingerprint density at radius 3 is 2.42 bits per heavy atom. The van der Waals surface area contributed by atoms with Crippen molar-refractivity contribution in [1.29, 1.82) is 0 Å². The van der Waals surface area contributed by atoms with Crippen molar-refractivity contribution in [3.8, 4) is 0 Å². The number of hydrogen-bond donors (Lipinski definition) is 1. The number of carbonyl (C=O) groups excluding carboxylic acids is 1. The third-order valence-electron chi connectivity index (χ3n) is 5.25. The van der Waals surface area contributed by atoms with Crippen molar-refractivity contribution >= 4 is 50.5 Å². The molecule has 5 nitrogen and oxygen atoms in total. The summed E-state index contributed by atoms with van der Waals surface area (Å²) in [6, 6.07) is 16.4. The SMILES string of the molecule is Cc1ccc(S(=O)(=O)N2c3ccc(C(=O)Nc4ccc(Cl)cc4Cl)cc3C[C@@H]2C)cc1. The van der Waals surface area contributed by atoms with Gasteiger partial charge in [-0.3, -0.25) is 9.10 Å². The highest BCUT2D eigenvalue weighted by Gasteiger charge is 2.36. The van der Waals surface area contributed by atoms with Crippen molar-refractivity contribution in [1.82, 2.24) is 0 Å². The van der Waals surface area contributed by atoms with Gasteiger partial charge in [0.1, 0.15) is 0 Å². The van der Waals surface area contributed by atoms with Crippen molar-refractivity contribution in [2.45, 2.75) is 31.2 Å². The fraction of sp³-hybridized carbons (Fsp3) is 0.174. The van der Waals surface area contributed by atoms with E-state index in [1.807, 2.05) is 13.8 Å². The average molecular weight is 475 g/mol. The van der Waals surface area contributed by atoms with E-state index in [1.165, 1.54) is 4.31 Å². The van der Waals surface area contributed by atoms with Gasteiger partial charge in [-0.25, -0.2) is 8.42 Å². The predicted octanol–water partition coefficient (Wildman–Crippen LogP) is 5.69. The van der Waals surface area contributed by atoms with Gasteiger partial charge in [0.15, 0.2) is 0 Å².